The first kappa shape index (κ1) is 44.6. The van der Waals surface area contributed by atoms with Crippen molar-refractivity contribution >= 4 is 0 Å². The lowest BCUT2D eigenvalue weighted by molar-refractivity contribution is -0.378. The van der Waals surface area contributed by atoms with Crippen LogP contribution >= 0.6 is 0 Å². The van der Waals surface area contributed by atoms with E-state index in [0.717, 1.165) is 44.1 Å². The average molecular weight is 855 g/mol. The Morgan fingerprint density at radius 2 is 1.32 bits per heavy atom. The van der Waals surface area contributed by atoms with E-state index in [1.807, 2.05) is 6.07 Å². The van der Waals surface area contributed by atoms with Gasteiger partial charge in [0.15, 0.2) is 18.9 Å². The van der Waals surface area contributed by atoms with Crippen LogP contribution in [-0.2, 0) is 28.4 Å². The Hall–Kier alpha value is -1.95. The Morgan fingerprint density at radius 1 is 0.683 bits per heavy atom. The number of fused-ring (bicyclic) bond motifs is 5. The van der Waals surface area contributed by atoms with Crippen molar-refractivity contribution < 1.29 is 83.9 Å². The Balaban J connectivity index is 0.888. The third-order valence-electron chi connectivity index (χ3n) is 15.7. The minimum atomic E-state index is -1.85. The molecule has 0 bridgehead atoms. The van der Waals surface area contributed by atoms with Crippen molar-refractivity contribution in [1.82, 2.24) is 0 Å². The molecule has 22 atom stereocenters. The molecule has 22 unspecified atom stereocenters. The first-order valence-corrected chi connectivity index (χ1v) is 21.4. The highest BCUT2D eigenvalue weighted by atomic mass is 16.8. The number of aliphatic hydroxyl groups excluding tert-OH is 9. The van der Waals surface area contributed by atoms with Gasteiger partial charge in [0.1, 0.15) is 67.1 Å². The van der Waals surface area contributed by atoms with Crippen LogP contribution in [0.4, 0.5) is 0 Å². The van der Waals surface area contributed by atoms with Gasteiger partial charge in [0.25, 0.3) is 0 Å². The molecule has 1 aromatic rings. The van der Waals surface area contributed by atoms with Crippen LogP contribution in [-0.4, -0.2) is 168 Å². The summed E-state index contributed by atoms with van der Waals surface area (Å²) in [4.78, 5) is 11.7. The molecule has 1 aromatic heterocycles. The summed E-state index contributed by atoms with van der Waals surface area (Å²) < 4.78 is 40.2. The van der Waals surface area contributed by atoms with Crippen LogP contribution in [0.15, 0.2) is 39.3 Å². The van der Waals surface area contributed by atoms with Gasteiger partial charge in [0.2, 0.25) is 0 Å². The lowest BCUT2D eigenvalue weighted by atomic mass is 9.45. The van der Waals surface area contributed by atoms with Gasteiger partial charge in [0.05, 0.1) is 37.3 Å². The molecule has 4 aliphatic carbocycles. The van der Waals surface area contributed by atoms with E-state index >= 15 is 0 Å². The van der Waals surface area contributed by atoms with E-state index in [9.17, 15) is 55.9 Å². The summed E-state index contributed by atoms with van der Waals surface area (Å²) in [6.45, 7) is 4.56. The highest BCUT2D eigenvalue weighted by Gasteiger charge is 2.67. The normalized spacial score (nSPS) is 51.9. The summed E-state index contributed by atoms with van der Waals surface area (Å²) in [5.74, 6) is 0.459. The third kappa shape index (κ3) is 7.35. The van der Waals surface area contributed by atoms with Crippen molar-refractivity contribution in [2.75, 3.05) is 13.2 Å². The maximum absolute atomic E-state index is 12.6. The van der Waals surface area contributed by atoms with Crippen LogP contribution in [0.2, 0.25) is 0 Å². The Labute approximate surface area is 347 Å². The molecule has 0 radical (unpaired) electrons. The van der Waals surface area contributed by atoms with Crippen molar-refractivity contribution in [2.24, 2.45) is 22.7 Å². The van der Waals surface area contributed by atoms with Crippen LogP contribution in [0.5, 0.6) is 0 Å². The van der Waals surface area contributed by atoms with Crippen LogP contribution in [0.3, 0.4) is 0 Å². The Bertz CT molecular complexity index is 1740. The predicted molar refractivity (Wildman–Crippen MR) is 203 cm³/mol. The summed E-state index contributed by atoms with van der Waals surface area (Å²) in [5.41, 5.74) is 0.452. The largest absolute Gasteiger partial charge is 0.431 e. The fourth-order valence-corrected chi connectivity index (χ4v) is 12.2. The smallest absolute Gasteiger partial charge is 0.335 e. The minimum Gasteiger partial charge on any atom is -0.431 e. The second-order valence-corrected chi connectivity index (χ2v) is 18.7. The van der Waals surface area contributed by atoms with Gasteiger partial charge in [-0.3, -0.25) is 0 Å². The molecular formula is C42H62O18. The molecule has 7 aliphatic rings. The predicted octanol–water partition coefficient (Wildman–Crippen LogP) is -1.34. The molecule has 3 saturated carbocycles. The standard InChI is InChI=1S/C42H62O18/c1-18-35(59-39-34(52)31(49)36(26(16-44)58-39)60-38-32(50)29(47)28(46)25(15-43)57-38)30(48)33(51)37(55-18)56-21-8-11-40(2)20(14-21)5-6-24-23(40)9-12-41(3)22(10-13-42(24,41)53)19-4-7-27(45)54-17-19/h4,7,14,17-18,21-26,28-39,43-44,46-53H,5-6,8-13,15-16H2,1-3H3. The summed E-state index contributed by atoms with van der Waals surface area (Å²) in [6.07, 6.45) is -13.7. The molecular weight excluding hydrogens is 792 g/mol. The Morgan fingerprint density at radius 3 is 1.98 bits per heavy atom. The zero-order chi connectivity index (χ0) is 43.1. The lowest BCUT2D eigenvalue weighted by Crippen LogP contribution is -2.66. The maximum atomic E-state index is 12.6. The highest BCUT2D eigenvalue weighted by molar-refractivity contribution is 5.31. The van der Waals surface area contributed by atoms with E-state index in [4.69, 9.17) is 32.8 Å². The quantitative estimate of drug-likeness (QED) is 0.129. The third-order valence-corrected chi connectivity index (χ3v) is 15.7. The van der Waals surface area contributed by atoms with Crippen LogP contribution in [0.1, 0.15) is 83.6 Å². The van der Waals surface area contributed by atoms with Gasteiger partial charge in [0, 0.05) is 11.5 Å². The second-order valence-electron chi connectivity index (χ2n) is 18.7. The summed E-state index contributed by atoms with van der Waals surface area (Å²) >= 11 is 0. The maximum Gasteiger partial charge on any atom is 0.335 e. The van der Waals surface area contributed by atoms with E-state index in [-0.39, 0.29) is 34.2 Å². The van der Waals surface area contributed by atoms with E-state index in [1.165, 1.54) is 11.6 Å². The molecule has 3 saturated heterocycles. The van der Waals surface area contributed by atoms with Crippen molar-refractivity contribution in [3.8, 4) is 0 Å². The topological polar surface area (TPSA) is 288 Å². The van der Waals surface area contributed by atoms with Crippen LogP contribution in [0, 0.1) is 22.7 Å². The van der Waals surface area contributed by atoms with E-state index in [1.54, 1.807) is 13.2 Å². The molecule has 6 fully saturated rings. The van der Waals surface area contributed by atoms with E-state index in [2.05, 4.69) is 19.9 Å². The molecule has 0 amide bonds. The molecule has 18 heteroatoms. The molecule has 0 spiro atoms. The van der Waals surface area contributed by atoms with Gasteiger partial charge in [-0.1, -0.05) is 25.5 Å². The summed E-state index contributed by atoms with van der Waals surface area (Å²) in [7, 11) is 0. The molecule has 338 valence electrons. The molecule has 8 rings (SSSR count). The SMILES string of the molecule is CC1OC(OC2C=C3CCC4C(CCC5(C)C(c6ccc(=O)oc6)CCC45O)C3(C)CC2)C(O)C(O)C1OC1OC(CO)C(OC2OC(CO)C(O)C(O)C2O)C(O)C1O. The van der Waals surface area contributed by atoms with Gasteiger partial charge < -0.3 is 83.9 Å². The van der Waals surface area contributed by atoms with Crippen LogP contribution in [0.25, 0.3) is 0 Å². The van der Waals surface area contributed by atoms with Crippen molar-refractivity contribution in [1.29, 1.82) is 0 Å². The van der Waals surface area contributed by atoms with E-state index in [0.29, 0.717) is 12.8 Å². The summed E-state index contributed by atoms with van der Waals surface area (Å²) in [5, 5.41) is 108. The second kappa shape index (κ2) is 16.9. The van der Waals surface area contributed by atoms with Crippen LogP contribution < -0.4 is 5.63 Å². The van der Waals surface area contributed by atoms with Crippen molar-refractivity contribution in [3.05, 3.63) is 46.0 Å². The number of allylic oxidation sites excluding steroid dienone is 1. The first-order chi connectivity index (χ1) is 28.4. The number of hydrogen-bond donors (Lipinski definition) is 10. The molecule has 60 heavy (non-hydrogen) atoms. The molecule has 10 N–H and O–H groups in total. The average Bonchev–Trinajstić information content (AvgIpc) is 3.51. The fraction of sp³-hybridized carbons (Fsp3) is 0.833. The monoisotopic (exact) mass is 854 g/mol. The molecule has 4 heterocycles. The number of hydrogen-bond acceptors (Lipinski definition) is 18. The molecule has 0 aromatic carbocycles. The first-order valence-electron chi connectivity index (χ1n) is 21.4. The number of rotatable bonds is 9. The fourth-order valence-electron chi connectivity index (χ4n) is 12.2. The number of ether oxygens (including phenoxy) is 6. The Kier molecular flexibility index (Phi) is 12.6. The number of aliphatic hydroxyl groups is 10. The van der Waals surface area contributed by atoms with Crippen molar-refractivity contribution in [2.45, 2.75) is 182 Å². The van der Waals surface area contributed by atoms with E-state index < -0.39 is 117 Å². The minimum absolute atomic E-state index is 0.0933. The zero-order valence-electron chi connectivity index (χ0n) is 34.1. The van der Waals surface area contributed by atoms with Gasteiger partial charge in [-0.2, -0.15) is 0 Å². The lowest BCUT2D eigenvalue weighted by Gasteiger charge is -2.62. The van der Waals surface area contributed by atoms with Gasteiger partial charge in [-0.25, -0.2) is 4.79 Å². The van der Waals surface area contributed by atoms with Gasteiger partial charge in [-0.15, -0.1) is 0 Å². The van der Waals surface area contributed by atoms with Gasteiger partial charge >= 0.3 is 5.63 Å². The molecule has 18 nitrogen and oxygen atoms in total. The molecule has 3 aliphatic heterocycles. The highest BCUT2D eigenvalue weighted by Crippen LogP contribution is 2.70. The summed E-state index contributed by atoms with van der Waals surface area (Å²) in [6, 6.07) is 3.29. The van der Waals surface area contributed by atoms with Crippen molar-refractivity contribution in [3.63, 3.8) is 0 Å². The zero-order valence-corrected chi connectivity index (χ0v) is 34.1. The van der Waals surface area contributed by atoms with Gasteiger partial charge in [-0.05, 0) is 93.1 Å².